The number of rotatable bonds is 2. The van der Waals surface area contributed by atoms with Crippen molar-refractivity contribution in [2.24, 2.45) is 5.73 Å². The summed E-state index contributed by atoms with van der Waals surface area (Å²) in [7, 11) is 0. The minimum absolute atomic E-state index is 0.0424. The van der Waals surface area contributed by atoms with E-state index >= 15 is 0 Å². The van der Waals surface area contributed by atoms with E-state index in [-0.39, 0.29) is 11.5 Å². The van der Waals surface area contributed by atoms with Gasteiger partial charge in [0.25, 0.3) is 0 Å². The fraction of sp³-hybridized carbons (Fsp3) is 0.455. The highest BCUT2D eigenvalue weighted by molar-refractivity contribution is 9.10. The summed E-state index contributed by atoms with van der Waals surface area (Å²) in [5.41, 5.74) is 7.33. The third-order valence-electron chi connectivity index (χ3n) is 3.01. The lowest BCUT2D eigenvalue weighted by Crippen LogP contribution is -2.57. The molecule has 1 aromatic rings. The van der Waals surface area contributed by atoms with Crippen LogP contribution in [0.4, 0.5) is 0 Å². The molecule has 1 fully saturated rings. The van der Waals surface area contributed by atoms with Crippen molar-refractivity contribution in [1.29, 1.82) is 0 Å². The van der Waals surface area contributed by atoms with Gasteiger partial charge in [-0.15, -0.1) is 0 Å². The highest BCUT2D eigenvalue weighted by Crippen LogP contribution is 2.35. The van der Waals surface area contributed by atoms with Gasteiger partial charge in [-0.05, 0) is 24.6 Å². The Morgan fingerprint density at radius 1 is 1.36 bits per heavy atom. The van der Waals surface area contributed by atoms with Gasteiger partial charge < -0.3 is 10.5 Å². The Morgan fingerprint density at radius 3 is 2.29 bits per heavy atom. The van der Waals surface area contributed by atoms with E-state index in [4.69, 9.17) is 10.5 Å². The molecule has 76 valence electrons. The normalized spacial score (nSPS) is 21.4. The molecule has 3 heteroatoms. The zero-order valence-corrected chi connectivity index (χ0v) is 9.75. The van der Waals surface area contributed by atoms with Crippen LogP contribution in [0.15, 0.2) is 28.7 Å². The number of benzene rings is 1. The van der Waals surface area contributed by atoms with E-state index in [9.17, 15) is 0 Å². The van der Waals surface area contributed by atoms with Crippen LogP contribution in [0.3, 0.4) is 0 Å². The van der Waals surface area contributed by atoms with E-state index in [2.05, 4.69) is 40.2 Å². The summed E-state index contributed by atoms with van der Waals surface area (Å²) in [6.07, 6.45) is 0. The molecule has 0 amide bonds. The highest BCUT2D eigenvalue weighted by Gasteiger charge is 2.43. The summed E-state index contributed by atoms with van der Waals surface area (Å²) in [6.45, 7) is 3.53. The third-order valence-corrected chi connectivity index (χ3v) is 3.54. The average molecular weight is 256 g/mol. The first kappa shape index (κ1) is 10.1. The predicted molar refractivity (Wildman–Crippen MR) is 60.3 cm³/mol. The van der Waals surface area contributed by atoms with Crippen LogP contribution in [0, 0.1) is 0 Å². The molecule has 0 spiro atoms. The molecule has 0 aromatic heterocycles. The van der Waals surface area contributed by atoms with E-state index in [0.717, 1.165) is 17.7 Å². The molecule has 1 aromatic carbocycles. The number of halogens is 1. The van der Waals surface area contributed by atoms with Crippen molar-refractivity contribution in [2.45, 2.75) is 18.4 Å². The lowest BCUT2D eigenvalue weighted by molar-refractivity contribution is -0.0701. The number of hydrogen-bond donors (Lipinski definition) is 1. The van der Waals surface area contributed by atoms with Crippen molar-refractivity contribution >= 4 is 15.9 Å². The Hall–Kier alpha value is -0.380. The molecule has 0 radical (unpaired) electrons. The van der Waals surface area contributed by atoms with Gasteiger partial charge in [-0.2, -0.15) is 0 Å². The molecule has 1 atom stereocenters. The Bertz CT molecular complexity index is 317. The fourth-order valence-corrected chi connectivity index (χ4v) is 2.06. The van der Waals surface area contributed by atoms with Gasteiger partial charge in [0.15, 0.2) is 0 Å². The lowest BCUT2D eigenvalue weighted by atomic mass is 9.73. The highest BCUT2D eigenvalue weighted by atomic mass is 79.9. The predicted octanol–water partition coefficient (Wildman–Crippen LogP) is 2.06. The molecule has 1 aliphatic heterocycles. The lowest BCUT2D eigenvalue weighted by Gasteiger charge is -2.45. The van der Waals surface area contributed by atoms with E-state index in [1.165, 1.54) is 5.56 Å². The molecular formula is C11H14BrNO. The van der Waals surface area contributed by atoms with Gasteiger partial charge in [-0.3, -0.25) is 0 Å². The van der Waals surface area contributed by atoms with Crippen molar-refractivity contribution in [3.8, 4) is 0 Å². The maximum Gasteiger partial charge on any atom is 0.0600 e. The van der Waals surface area contributed by atoms with E-state index < -0.39 is 0 Å². The second kappa shape index (κ2) is 3.65. The van der Waals surface area contributed by atoms with Crippen LogP contribution in [0.5, 0.6) is 0 Å². The van der Waals surface area contributed by atoms with Crippen molar-refractivity contribution in [3.63, 3.8) is 0 Å². The van der Waals surface area contributed by atoms with Crippen molar-refractivity contribution < 1.29 is 4.74 Å². The number of nitrogens with two attached hydrogens (primary N) is 1. The molecule has 2 rings (SSSR count). The molecule has 14 heavy (non-hydrogen) atoms. The largest absolute Gasteiger partial charge is 0.379 e. The molecule has 1 aliphatic rings. The summed E-state index contributed by atoms with van der Waals surface area (Å²) < 4.78 is 6.39. The monoisotopic (exact) mass is 255 g/mol. The first-order valence-electron chi connectivity index (χ1n) is 4.74. The second-order valence-corrected chi connectivity index (χ2v) is 4.86. The molecule has 0 bridgehead atoms. The topological polar surface area (TPSA) is 35.2 Å². The van der Waals surface area contributed by atoms with Crippen LogP contribution in [0.2, 0.25) is 0 Å². The molecule has 0 aliphatic carbocycles. The van der Waals surface area contributed by atoms with Crippen molar-refractivity contribution in [2.75, 3.05) is 13.2 Å². The Labute approximate surface area is 92.6 Å². The van der Waals surface area contributed by atoms with Crippen LogP contribution in [0.25, 0.3) is 0 Å². The smallest absolute Gasteiger partial charge is 0.0600 e. The number of ether oxygens (including phenoxy) is 1. The molecular weight excluding hydrogens is 242 g/mol. The van der Waals surface area contributed by atoms with Crippen LogP contribution in [-0.4, -0.2) is 19.3 Å². The van der Waals surface area contributed by atoms with Crippen LogP contribution in [-0.2, 0) is 10.2 Å². The van der Waals surface area contributed by atoms with E-state index in [1.54, 1.807) is 0 Å². The van der Waals surface area contributed by atoms with Gasteiger partial charge in [0, 0.05) is 10.5 Å². The molecule has 2 nitrogen and oxygen atoms in total. The summed E-state index contributed by atoms with van der Waals surface area (Å²) in [6, 6.07) is 8.49. The maximum absolute atomic E-state index is 6.01. The fourth-order valence-electron chi connectivity index (χ4n) is 1.80. The molecule has 0 saturated carbocycles. The van der Waals surface area contributed by atoms with Crippen LogP contribution < -0.4 is 5.73 Å². The number of hydrogen-bond acceptors (Lipinski definition) is 2. The molecule has 1 unspecified atom stereocenters. The summed E-state index contributed by atoms with van der Waals surface area (Å²) >= 11 is 3.43. The molecule has 2 N–H and O–H groups in total. The van der Waals surface area contributed by atoms with E-state index in [1.807, 2.05) is 6.92 Å². The van der Waals surface area contributed by atoms with Gasteiger partial charge in [0.2, 0.25) is 0 Å². The van der Waals surface area contributed by atoms with Crippen LogP contribution in [0.1, 0.15) is 12.5 Å². The third kappa shape index (κ3) is 1.49. The van der Waals surface area contributed by atoms with Gasteiger partial charge in [-0.25, -0.2) is 0 Å². The first-order chi connectivity index (χ1) is 6.65. The summed E-state index contributed by atoms with van der Waals surface area (Å²) in [4.78, 5) is 0. The quantitative estimate of drug-likeness (QED) is 0.879. The Morgan fingerprint density at radius 2 is 1.93 bits per heavy atom. The first-order valence-corrected chi connectivity index (χ1v) is 5.54. The minimum atomic E-state index is 0.0424. The second-order valence-electron chi connectivity index (χ2n) is 3.94. The van der Waals surface area contributed by atoms with Crippen molar-refractivity contribution in [3.05, 3.63) is 34.3 Å². The van der Waals surface area contributed by atoms with E-state index in [0.29, 0.717) is 0 Å². The van der Waals surface area contributed by atoms with Gasteiger partial charge in [-0.1, -0.05) is 28.1 Å². The zero-order valence-electron chi connectivity index (χ0n) is 8.16. The summed E-state index contributed by atoms with van der Waals surface area (Å²) in [5.74, 6) is 0. The maximum atomic E-state index is 6.01. The van der Waals surface area contributed by atoms with Crippen molar-refractivity contribution in [1.82, 2.24) is 0 Å². The Balaban J connectivity index is 2.32. The minimum Gasteiger partial charge on any atom is -0.379 e. The van der Waals surface area contributed by atoms with Gasteiger partial charge in [0.1, 0.15) is 0 Å². The van der Waals surface area contributed by atoms with Crippen LogP contribution >= 0.6 is 15.9 Å². The standard InChI is InChI=1S/C11H14BrNO/c1-8(13)11(6-14-7-11)9-2-4-10(12)5-3-9/h2-5,8H,6-7,13H2,1H3. The molecule has 1 saturated heterocycles. The van der Waals surface area contributed by atoms with Gasteiger partial charge in [0.05, 0.1) is 18.6 Å². The summed E-state index contributed by atoms with van der Waals surface area (Å²) in [5, 5.41) is 0. The average Bonchev–Trinajstić information content (AvgIpc) is 2.05. The Kier molecular flexibility index (Phi) is 2.64. The van der Waals surface area contributed by atoms with Gasteiger partial charge >= 0.3 is 0 Å². The molecule has 1 heterocycles. The zero-order chi connectivity index (χ0) is 10.2. The SMILES string of the molecule is CC(N)C1(c2ccc(Br)cc2)COC1.